The molecule has 0 radical (unpaired) electrons. The van der Waals surface area contributed by atoms with Gasteiger partial charge >= 0.3 is 0 Å². The Labute approximate surface area is 135 Å². The van der Waals surface area contributed by atoms with Gasteiger partial charge in [-0.2, -0.15) is 0 Å². The number of para-hydroxylation sites is 1. The van der Waals surface area contributed by atoms with Crippen LogP contribution in [0.25, 0.3) is 0 Å². The van der Waals surface area contributed by atoms with Crippen LogP contribution in [0.1, 0.15) is 33.6 Å². The Balaban J connectivity index is 1.97. The van der Waals surface area contributed by atoms with Crippen molar-refractivity contribution < 1.29 is 14.3 Å². The van der Waals surface area contributed by atoms with E-state index in [2.05, 4.69) is 19.2 Å². The molecular weight excluding hydrogens is 302 g/mol. The second-order valence-electron chi connectivity index (χ2n) is 6.37. The second kappa shape index (κ2) is 6.53. The second-order valence-corrected chi connectivity index (χ2v) is 6.77. The van der Waals surface area contributed by atoms with Gasteiger partial charge < -0.3 is 10.1 Å². The molecule has 0 aliphatic heterocycles. The Bertz CT molecular complexity index is 635. The summed E-state index contributed by atoms with van der Waals surface area (Å²) in [6.07, 6.45) is 1.23. The molecule has 1 N–H and O–H groups in total. The van der Waals surface area contributed by atoms with Crippen molar-refractivity contribution in [3.05, 3.63) is 40.6 Å². The Kier molecular flexibility index (Phi) is 4.91. The summed E-state index contributed by atoms with van der Waals surface area (Å²) in [5, 5.41) is 3.13. The predicted molar refractivity (Wildman–Crippen MR) is 86.8 cm³/mol. The molecule has 0 fully saturated rings. The molecule has 0 aromatic heterocycles. The molecule has 0 bridgehead atoms. The number of hydrogen-bond donors (Lipinski definition) is 1. The normalized spacial score (nSPS) is 17.4. The lowest BCUT2D eigenvalue weighted by Gasteiger charge is -2.30. The van der Waals surface area contributed by atoms with Crippen molar-refractivity contribution in [1.82, 2.24) is 0 Å². The van der Waals surface area contributed by atoms with Crippen molar-refractivity contribution in [2.75, 3.05) is 11.9 Å². The summed E-state index contributed by atoms with van der Waals surface area (Å²) in [4.78, 5) is 24.0. The van der Waals surface area contributed by atoms with Crippen LogP contribution < -0.4 is 5.32 Å². The standard InChI is InChI=1S/C17H20ClNO3/c1-11-8-17(2,3)9-14(20)16(11)22-10-15(21)19-13-7-5-4-6-12(13)18/h4-7H,8-10H2,1-3H3,(H,19,21). The van der Waals surface area contributed by atoms with Gasteiger partial charge in [-0.15, -0.1) is 0 Å². The zero-order chi connectivity index (χ0) is 16.3. The first kappa shape index (κ1) is 16.6. The van der Waals surface area contributed by atoms with E-state index < -0.39 is 0 Å². The van der Waals surface area contributed by atoms with Gasteiger partial charge in [0.25, 0.3) is 5.91 Å². The number of carbonyl (C=O) groups is 2. The van der Waals surface area contributed by atoms with Crippen LogP contribution in [0, 0.1) is 5.41 Å². The fourth-order valence-electron chi connectivity index (χ4n) is 2.70. The Morgan fingerprint density at radius 2 is 2.00 bits per heavy atom. The molecule has 1 aliphatic carbocycles. The lowest BCUT2D eigenvalue weighted by atomic mass is 9.76. The van der Waals surface area contributed by atoms with Crippen LogP contribution in [-0.4, -0.2) is 18.3 Å². The molecule has 0 atom stereocenters. The number of ketones is 1. The van der Waals surface area contributed by atoms with Crippen LogP contribution in [0.2, 0.25) is 5.02 Å². The highest BCUT2D eigenvalue weighted by molar-refractivity contribution is 6.33. The molecule has 22 heavy (non-hydrogen) atoms. The molecule has 0 saturated carbocycles. The first-order valence-electron chi connectivity index (χ1n) is 7.19. The molecule has 0 spiro atoms. The molecule has 2 rings (SSSR count). The third-order valence-corrected chi connectivity index (χ3v) is 3.85. The Hall–Kier alpha value is -1.81. The van der Waals surface area contributed by atoms with E-state index in [1.807, 2.05) is 6.92 Å². The van der Waals surface area contributed by atoms with E-state index in [0.29, 0.717) is 22.9 Å². The summed E-state index contributed by atoms with van der Waals surface area (Å²) < 4.78 is 5.45. The van der Waals surface area contributed by atoms with Gasteiger partial charge in [-0.1, -0.05) is 37.6 Å². The zero-order valence-electron chi connectivity index (χ0n) is 13.0. The highest BCUT2D eigenvalue weighted by Gasteiger charge is 2.32. The number of rotatable bonds is 4. The molecule has 1 amide bonds. The van der Waals surface area contributed by atoms with E-state index in [1.165, 1.54) is 0 Å². The zero-order valence-corrected chi connectivity index (χ0v) is 13.8. The lowest BCUT2D eigenvalue weighted by Crippen LogP contribution is -2.28. The minimum atomic E-state index is -0.342. The van der Waals surface area contributed by atoms with Gasteiger partial charge in [-0.3, -0.25) is 9.59 Å². The first-order valence-corrected chi connectivity index (χ1v) is 7.56. The predicted octanol–water partition coefficient (Wildman–Crippen LogP) is 3.96. The minimum Gasteiger partial charge on any atom is -0.480 e. The molecule has 1 aliphatic rings. The summed E-state index contributed by atoms with van der Waals surface area (Å²) in [6, 6.07) is 6.96. The number of nitrogens with one attached hydrogen (secondary N) is 1. The first-order chi connectivity index (χ1) is 10.3. The van der Waals surface area contributed by atoms with E-state index in [4.69, 9.17) is 16.3 Å². The summed E-state index contributed by atoms with van der Waals surface area (Å²) in [5.74, 6) is -0.0565. The smallest absolute Gasteiger partial charge is 0.262 e. The number of ether oxygens (including phenoxy) is 1. The monoisotopic (exact) mass is 321 g/mol. The third-order valence-electron chi connectivity index (χ3n) is 3.52. The van der Waals surface area contributed by atoms with Crippen molar-refractivity contribution in [3.8, 4) is 0 Å². The number of benzene rings is 1. The van der Waals surface area contributed by atoms with Gasteiger partial charge in [-0.05, 0) is 36.5 Å². The average Bonchev–Trinajstić information content (AvgIpc) is 2.39. The fourth-order valence-corrected chi connectivity index (χ4v) is 2.89. The van der Waals surface area contributed by atoms with Crippen molar-refractivity contribution in [2.24, 2.45) is 5.41 Å². The maximum Gasteiger partial charge on any atom is 0.262 e. The third kappa shape index (κ3) is 4.10. The van der Waals surface area contributed by atoms with Gasteiger partial charge in [0.2, 0.25) is 0 Å². The molecule has 4 nitrogen and oxygen atoms in total. The van der Waals surface area contributed by atoms with E-state index in [1.54, 1.807) is 24.3 Å². The number of hydrogen-bond acceptors (Lipinski definition) is 3. The average molecular weight is 322 g/mol. The molecule has 0 saturated heterocycles. The van der Waals surface area contributed by atoms with Crippen molar-refractivity contribution in [2.45, 2.75) is 33.6 Å². The van der Waals surface area contributed by atoms with Gasteiger partial charge in [0.05, 0.1) is 10.7 Å². The van der Waals surface area contributed by atoms with Crippen LogP contribution in [-0.2, 0) is 14.3 Å². The Morgan fingerprint density at radius 3 is 2.64 bits per heavy atom. The van der Waals surface area contributed by atoms with E-state index in [-0.39, 0.29) is 23.7 Å². The largest absolute Gasteiger partial charge is 0.480 e. The highest BCUT2D eigenvalue weighted by Crippen LogP contribution is 2.36. The highest BCUT2D eigenvalue weighted by atomic mass is 35.5. The maximum absolute atomic E-state index is 12.1. The van der Waals surface area contributed by atoms with Crippen LogP contribution in [0.4, 0.5) is 5.69 Å². The van der Waals surface area contributed by atoms with Crippen LogP contribution in [0.15, 0.2) is 35.6 Å². The number of allylic oxidation sites excluding steroid dienone is 2. The molecule has 1 aromatic carbocycles. The topological polar surface area (TPSA) is 55.4 Å². The van der Waals surface area contributed by atoms with Gasteiger partial charge in [0, 0.05) is 6.42 Å². The quantitative estimate of drug-likeness (QED) is 0.913. The van der Waals surface area contributed by atoms with Crippen molar-refractivity contribution >= 4 is 29.0 Å². The van der Waals surface area contributed by atoms with Gasteiger partial charge in [0.15, 0.2) is 18.1 Å². The van der Waals surface area contributed by atoms with Crippen LogP contribution >= 0.6 is 11.6 Å². The number of amides is 1. The van der Waals surface area contributed by atoms with E-state index in [0.717, 1.165) is 12.0 Å². The molecule has 0 heterocycles. The molecular formula is C17H20ClNO3. The molecule has 118 valence electrons. The molecule has 0 unspecified atom stereocenters. The number of carbonyl (C=O) groups excluding carboxylic acids is 2. The Morgan fingerprint density at radius 1 is 1.32 bits per heavy atom. The van der Waals surface area contributed by atoms with Gasteiger partial charge in [0.1, 0.15) is 0 Å². The summed E-state index contributed by atoms with van der Waals surface area (Å²) in [5.41, 5.74) is 1.37. The number of Topliss-reactive ketones (excluding diaryl/α,β-unsaturated/α-hetero) is 1. The van der Waals surface area contributed by atoms with Crippen molar-refractivity contribution in [3.63, 3.8) is 0 Å². The summed E-state index contributed by atoms with van der Waals surface area (Å²) in [6.45, 7) is 5.77. The van der Waals surface area contributed by atoms with E-state index >= 15 is 0 Å². The summed E-state index contributed by atoms with van der Waals surface area (Å²) in [7, 11) is 0. The SMILES string of the molecule is CC1=C(OCC(=O)Nc2ccccc2Cl)C(=O)CC(C)(C)C1. The molecule has 1 aromatic rings. The van der Waals surface area contributed by atoms with Crippen LogP contribution in [0.3, 0.4) is 0 Å². The summed E-state index contributed by atoms with van der Waals surface area (Å²) >= 11 is 5.98. The fraction of sp³-hybridized carbons (Fsp3) is 0.412. The van der Waals surface area contributed by atoms with Gasteiger partial charge in [-0.25, -0.2) is 0 Å². The number of halogens is 1. The maximum atomic E-state index is 12.1. The van der Waals surface area contributed by atoms with E-state index in [9.17, 15) is 9.59 Å². The number of anilines is 1. The lowest BCUT2D eigenvalue weighted by molar-refractivity contribution is -0.124. The minimum absolute atomic E-state index is 0.0423. The van der Waals surface area contributed by atoms with Crippen molar-refractivity contribution in [1.29, 1.82) is 0 Å². The molecule has 5 heteroatoms. The van der Waals surface area contributed by atoms with Crippen LogP contribution in [0.5, 0.6) is 0 Å².